The summed E-state index contributed by atoms with van der Waals surface area (Å²) in [5, 5.41) is 9.68. The predicted molar refractivity (Wildman–Crippen MR) is 293 cm³/mol. The highest BCUT2D eigenvalue weighted by Crippen LogP contribution is 2.15. The van der Waals surface area contributed by atoms with Gasteiger partial charge in [0.15, 0.2) is 12.1 Å². The fourth-order valence-corrected chi connectivity index (χ4v) is 7.97. The van der Waals surface area contributed by atoms with Crippen LogP contribution < -0.4 is 0 Å². The first-order chi connectivity index (χ1) is 33.6. The van der Waals surface area contributed by atoms with Crippen LogP contribution in [0.1, 0.15) is 232 Å². The Balaban J connectivity index is 4.21. The van der Waals surface area contributed by atoms with Crippen LogP contribution in [0, 0.1) is 0 Å². The topological polar surface area (TPSA) is 99.1 Å². The van der Waals surface area contributed by atoms with Gasteiger partial charge in [-0.2, -0.15) is 0 Å². The van der Waals surface area contributed by atoms with E-state index in [0.717, 1.165) is 83.5 Å². The summed E-state index contributed by atoms with van der Waals surface area (Å²) in [5.74, 6) is -1.48. The molecule has 0 rings (SSSR count). The summed E-state index contributed by atoms with van der Waals surface area (Å²) in [7, 11) is 5.54. The van der Waals surface area contributed by atoms with Gasteiger partial charge in [0.05, 0.1) is 34.4 Å². The number of carbonyl (C=O) groups excluding carboxylic acids is 2. The molecule has 0 radical (unpaired) electrons. The number of aliphatic carboxylic acids is 1. The number of ether oxygens (including phenoxy) is 3. The van der Waals surface area contributed by atoms with Crippen LogP contribution in [-0.4, -0.2) is 80.6 Å². The minimum absolute atomic E-state index is 0.0543. The monoisotopic (exact) mass is 965 g/mol. The maximum atomic E-state index is 12.8. The van der Waals surface area contributed by atoms with Gasteiger partial charge in [0, 0.05) is 19.3 Å². The van der Waals surface area contributed by atoms with Crippen LogP contribution >= 0.6 is 0 Å². The first-order valence-corrected chi connectivity index (χ1v) is 28.1. The lowest BCUT2D eigenvalue weighted by molar-refractivity contribution is -0.887. The molecule has 0 bridgehead atoms. The van der Waals surface area contributed by atoms with Crippen molar-refractivity contribution in [3.63, 3.8) is 0 Å². The molecule has 0 spiro atoms. The van der Waals surface area contributed by atoms with E-state index in [1.165, 1.54) is 116 Å². The van der Waals surface area contributed by atoms with Crippen molar-refractivity contribution in [2.45, 2.75) is 244 Å². The van der Waals surface area contributed by atoms with E-state index in [1.807, 2.05) is 21.1 Å². The summed E-state index contributed by atoms with van der Waals surface area (Å²) < 4.78 is 17.4. The smallest absolute Gasteiger partial charge is 0.362 e. The Bertz CT molecular complexity index is 1400. The average Bonchev–Trinajstić information content (AvgIpc) is 3.31. The molecule has 8 heteroatoms. The third-order valence-electron chi connectivity index (χ3n) is 12.3. The summed E-state index contributed by atoms with van der Waals surface area (Å²) in [6.45, 7) is 4.60. The zero-order valence-electron chi connectivity index (χ0n) is 45.2. The van der Waals surface area contributed by atoms with Crippen LogP contribution in [-0.2, 0) is 28.6 Å². The fourth-order valence-electron chi connectivity index (χ4n) is 7.97. The summed E-state index contributed by atoms with van der Waals surface area (Å²) in [6.07, 6.45) is 67.8. The summed E-state index contributed by atoms with van der Waals surface area (Å²) in [4.78, 5) is 37.3. The van der Waals surface area contributed by atoms with Gasteiger partial charge >= 0.3 is 17.9 Å². The van der Waals surface area contributed by atoms with Gasteiger partial charge in [0.1, 0.15) is 6.61 Å². The van der Waals surface area contributed by atoms with Crippen LogP contribution in [0.2, 0.25) is 0 Å². The van der Waals surface area contributed by atoms with Crippen LogP contribution in [0.25, 0.3) is 0 Å². The summed E-state index contributed by atoms with van der Waals surface area (Å²) >= 11 is 0. The van der Waals surface area contributed by atoms with Crippen molar-refractivity contribution < 1.29 is 38.2 Å². The molecular weight excluding hydrogens is 859 g/mol. The summed E-state index contributed by atoms with van der Waals surface area (Å²) in [6, 6.07) is -0.621. The van der Waals surface area contributed by atoms with Gasteiger partial charge in [-0.1, -0.05) is 208 Å². The second-order valence-corrected chi connectivity index (χ2v) is 19.8. The maximum absolute atomic E-state index is 12.8. The minimum atomic E-state index is -0.877. The maximum Gasteiger partial charge on any atom is 0.362 e. The molecule has 0 aliphatic carbocycles. The van der Waals surface area contributed by atoms with Gasteiger partial charge < -0.3 is 23.8 Å². The second kappa shape index (κ2) is 50.9. The van der Waals surface area contributed by atoms with Crippen molar-refractivity contribution in [3.8, 4) is 0 Å². The van der Waals surface area contributed by atoms with Gasteiger partial charge in [-0.3, -0.25) is 9.59 Å². The molecule has 2 unspecified atom stereocenters. The number of carboxylic acid groups (broad SMARTS) is 1. The lowest BCUT2D eigenvalue weighted by Gasteiger charge is -2.31. The molecule has 396 valence electrons. The standard InChI is InChI=1S/C61H105NO7/c1-6-8-10-12-14-16-18-20-22-24-26-28-30-32-33-35-37-39-41-43-45-47-49-51-59(63)68-56-57(55-67-54-53-58(61(65)66)62(3,4)5)69-60(64)52-50-48-46-44-42-40-38-36-34-31-29-27-25-23-21-19-17-15-13-11-9-7-2/h8,10,14-17,20-23,26-29,57-58H,6-7,9,11-13,18-19,24-25,30-56H2,1-5H3/p+1/b10-8+,16-14+,17-15+,22-20+,23-21+,28-26+,29-27+. The lowest BCUT2D eigenvalue weighted by Crippen LogP contribution is -2.50. The van der Waals surface area contributed by atoms with E-state index >= 15 is 0 Å². The van der Waals surface area contributed by atoms with Crippen LogP contribution in [0.3, 0.4) is 0 Å². The molecule has 2 atom stereocenters. The zero-order valence-corrected chi connectivity index (χ0v) is 45.2. The van der Waals surface area contributed by atoms with E-state index in [0.29, 0.717) is 19.3 Å². The van der Waals surface area contributed by atoms with E-state index in [2.05, 4.69) is 98.9 Å². The fraction of sp³-hybridized carbons (Fsp3) is 0.721. The Morgan fingerprint density at radius 1 is 0.449 bits per heavy atom. The number of carbonyl (C=O) groups is 3. The molecule has 0 aliphatic heterocycles. The van der Waals surface area contributed by atoms with Crippen molar-refractivity contribution in [1.82, 2.24) is 0 Å². The predicted octanol–water partition coefficient (Wildman–Crippen LogP) is 16.8. The van der Waals surface area contributed by atoms with Crippen LogP contribution in [0.15, 0.2) is 85.1 Å². The van der Waals surface area contributed by atoms with Gasteiger partial charge in [0.2, 0.25) is 0 Å². The average molecular weight is 966 g/mol. The number of esters is 2. The molecule has 0 aromatic carbocycles. The molecule has 0 fully saturated rings. The zero-order chi connectivity index (χ0) is 50.6. The number of quaternary nitrogens is 1. The number of nitrogens with zero attached hydrogens (tertiary/aromatic N) is 1. The third kappa shape index (κ3) is 49.3. The largest absolute Gasteiger partial charge is 0.477 e. The Morgan fingerprint density at radius 3 is 1.20 bits per heavy atom. The number of allylic oxidation sites excluding steroid dienone is 14. The highest BCUT2D eigenvalue weighted by molar-refractivity contribution is 5.72. The van der Waals surface area contributed by atoms with E-state index < -0.39 is 18.1 Å². The van der Waals surface area contributed by atoms with E-state index in [1.54, 1.807) is 0 Å². The van der Waals surface area contributed by atoms with Crippen LogP contribution in [0.4, 0.5) is 0 Å². The number of carboxylic acids is 1. The first-order valence-electron chi connectivity index (χ1n) is 28.1. The molecule has 69 heavy (non-hydrogen) atoms. The molecule has 1 N–H and O–H groups in total. The molecule has 8 nitrogen and oxygen atoms in total. The first kappa shape index (κ1) is 65.5. The van der Waals surface area contributed by atoms with Crippen molar-refractivity contribution in [2.75, 3.05) is 41.0 Å². The SMILES string of the molecule is CC/C=C/C/C=C/C/C=C/C/C=C/CCCCCCCCCCCCC(=O)OCC(COCCC(C(=O)O)[N+](C)(C)C)OC(=O)CCCCCCCCCCC/C=C/C/C=C/C/C=C/CCCCC. The molecular formula is C61H106NO7+. The lowest BCUT2D eigenvalue weighted by atomic mass is 10.1. The normalized spacial score (nSPS) is 13.5. The van der Waals surface area contributed by atoms with E-state index in [9.17, 15) is 19.5 Å². The van der Waals surface area contributed by atoms with E-state index in [4.69, 9.17) is 14.2 Å². The molecule has 0 aromatic rings. The molecule has 0 aliphatic rings. The minimum Gasteiger partial charge on any atom is -0.477 e. The Hall–Kier alpha value is -3.49. The Labute approximate surface area is 424 Å². The number of likely N-dealkylation sites (N-methyl/N-ethyl adjacent to an activating group) is 1. The van der Waals surface area contributed by atoms with Crippen molar-refractivity contribution in [3.05, 3.63) is 85.1 Å². The Kier molecular flexibility index (Phi) is 48.3. The number of hydrogen-bond acceptors (Lipinski definition) is 6. The third-order valence-corrected chi connectivity index (χ3v) is 12.3. The van der Waals surface area contributed by atoms with Crippen molar-refractivity contribution in [1.29, 1.82) is 0 Å². The molecule has 0 amide bonds. The van der Waals surface area contributed by atoms with Gasteiger partial charge in [-0.15, -0.1) is 0 Å². The van der Waals surface area contributed by atoms with Gasteiger partial charge in [0.25, 0.3) is 0 Å². The highest BCUT2D eigenvalue weighted by atomic mass is 16.6. The number of rotatable bonds is 50. The molecule has 0 saturated heterocycles. The van der Waals surface area contributed by atoms with Crippen molar-refractivity contribution >= 4 is 17.9 Å². The number of hydrogen-bond donors (Lipinski definition) is 1. The molecule has 0 saturated carbocycles. The van der Waals surface area contributed by atoms with Gasteiger partial charge in [-0.25, -0.2) is 4.79 Å². The molecule has 0 heterocycles. The number of unbranched alkanes of at least 4 members (excludes halogenated alkanes) is 22. The highest BCUT2D eigenvalue weighted by Gasteiger charge is 2.31. The second-order valence-electron chi connectivity index (χ2n) is 19.8. The van der Waals surface area contributed by atoms with Crippen molar-refractivity contribution in [2.24, 2.45) is 0 Å². The van der Waals surface area contributed by atoms with Gasteiger partial charge in [-0.05, 0) is 89.9 Å². The molecule has 0 aromatic heterocycles. The van der Waals surface area contributed by atoms with Crippen LogP contribution in [0.5, 0.6) is 0 Å². The Morgan fingerprint density at radius 2 is 0.812 bits per heavy atom. The quantitative estimate of drug-likeness (QED) is 0.0281. The van der Waals surface area contributed by atoms with E-state index in [-0.39, 0.29) is 36.2 Å². The summed E-state index contributed by atoms with van der Waals surface area (Å²) in [5.41, 5.74) is 0.